The number of piperazine rings is 1. The fourth-order valence-corrected chi connectivity index (χ4v) is 2.49. The molecule has 1 saturated heterocycles. The summed E-state index contributed by atoms with van der Waals surface area (Å²) in [7, 11) is 0. The molecule has 0 aliphatic carbocycles. The Labute approximate surface area is 119 Å². The van der Waals surface area contributed by atoms with Gasteiger partial charge in [0.1, 0.15) is 5.82 Å². The molecule has 0 saturated carbocycles. The predicted molar refractivity (Wildman–Crippen MR) is 77.8 cm³/mol. The molecule has 0 amide bonds. The van der Waals surface area contributed by atoms with Crippen LogP contribution in [0.5, 0.6) is 0 Å². The van der Waals surface area contributed by atoms with Crippen molar-refractivity contribution in [3.8, 4) is 0 Å². The van der Waals surface area contributed by atoms with Gasteiger partial charge in [0.15, 0.2) is 3.83 Å². The van der Waals surface area contributed by atoms with Gasteiger partial charge in [0.25, 0.3) is 0 Å². The molecule has 1 N–H and O–H groups in total. The number of aromatic nitrogens is 4. The highest BCUT2D eigenvalue weighted by Crippen LogP contribution is 2.16. The first-order valence-electron chi connectivity index (χ1n) is 5.81. The number of halogens is 1. The monoisotopic (exact) mass is 356 g/mol. The van der Waals surface area contributed by atoms with Gasteiger partial charge < -0.3 is 14.8 Å². The molecule has 6 nitrogen and oxygen atoms in total. The first-order valence-corrected chi connectivity index (χ1v) is 6.88. The summed E-state index contributed by atoms with van der Waals surface area (Å²) in [6.45, 7) is 3.81. The summed E-state index contributed by atoms with van der Waals surface area (Å²) in [5, 5.41) is 0. The van der Waals surface area contributed by atoms with Crippen LogP contribution in [0.2, 0.25) is 0 Å². The van der Waals surface area contributed by atoms with Crippen molar-refractivity contribution in [2.75, 3.05) is 36.0 Å². The van der Waals surface area contributed by atoms with Crippen LogP contribution in [0.4, 0.5) is 11.8 Å². The van der Waals surface area contributed by atoms with Crippen LogP contribution in [0.25, 0.3) is 0 Å². The Bertz CT molecular complexity index is 506. The zero-order valence-electron chi connectivity index (χ0n) is 9.75. The molecule has 94 valence electrons. The van der Waals surface area contributed by atoms with Crippen LogP contribution >= 0.6 is 22.6 Å². The van der Waals surface area contributed by atoms with E-state index in [1.807, 2.05) is 18.5 Å². The molecule has 0 bridgehead atoms. The van der Waals surface area contributed by atoms with E-state index < -0.39 is 0 Å². The van der Waals surface area contributed by atoms with Gasteiger partial charge in [-0.15, -0.1) is 0 Å². The van der Waals surface area contributed by atoms with E-state index >= 15 is 0 Å². The molecule has 1 fully saturated rings. The minimum Gasteiger partial charge on any atom is -0.353 e. The third-order valence-corrected chi connectivity index (χ3v) is 3.52. The van der Waals surface area contributed by atoms with Crippen LogP contribution in [0.15, 0.2) is 24.7 Å². The normalized spacial score (nSPS) is 16.1. The minimum atomic E-state index is 0.790. The van der Waals surface area contributed by atoms with E-state index in [2.05, 4.69) is 52.3 Å². The Morgan fingerprint density at radius 1 is 1.06 bits per heavy atom. The zero-order valence-corrected chi connectivity index (χ0v) is 11.9. The fourth-order valence-electron chi connectivity index (χ4n) is 2.08. The number of nitrogens with zero attached hydrogens (tertiary/aromatic N) is 5. The summed E-state index contributed by atoms with van der Waals surface area (Å²) in [4.78, 5) is 20.5. The SMILES string of the molecule is Ic1nccc(N2CCN(c3ncc[nH]3)CC2)n1. The second-order valence-electron chi connectivity index (χ2n) is 4.07. The van der Waals surface area contributed by atoms with Crippen LogP contribution in [0, 0.1) is 3.83 Å². The molecule has 0 unspecified atom stereocenters. The standard InChI is InChI=1S/C11H13IN6/c12-10-13-2-1-9(16-10)17-5-7-18(8-6-17)11-14-3-4-15-11/h1-4H,5-8H2,(H,14,15). The number of imidazole rings is 1. The molecular formula is C11H13IN6. The molecule has 7 heteroatoms. The molecule has 3 rings (SSSR count). The van der Waals surface area contributed by atoms with Crippen LogP contribution in [-0.4, -0.2) is 46.1 Å². The molecule has 2 aromatic rings. The van der Waals surface area contributed by atoms with E-state index in [-0.39, 0.29) is 0 Å². The molecule has 3 heterocycles. The van der Waals surface area contributed by atoms with Crippen molar-refractivity contribution in [3.63, 3.8) is 0 Å². The van der Waals surface area contributed by atoms with Crippen LogP contribution in [0.3, 0.4) is 0 Å². The second-order valence-corrected chi connectivity index (χ2v) is 5.04. The van der Waals surface area contributed by atoms with E-state index in [0.717, 1.165) is 41.8 Å². The Morgan fingerprint density at radius 3 is 2.50 bits per heavy atom. The van der Waals surface area contributed by atoms with Crippen molar-refractivity contribution in [2.45, 2.75) is 0 Å². The third kappa shape index (κ3) is 2.40. The summed E-state index contributed by atoms with van der Waals surface area (Å²) in [6.07, 6.45) is 5.45. The Hall–Kier alpha value is -1.38. The molecular weight excluding hydrogens is 343 g/mol. The predicted octanol–water partition coefficient (Wildman–Crippen LogP) is 1.13. The fraction of sp³-hybridized carbons (Fsp3) is 0.364. The van der Waals surface area contributed by atoms with Crippen LogP contribution in [0.1, 0.15) is 0 Å². The number of H-pyrrole nitrogens is 1. The van der Waals surface area contributed by atoms with Crippen molar-refractivity contribution in [3.05, 3.63) is 28.5 Å². The van der Waals surface area contributed by atoms with Gasteiger partial charge in [-0.3, -0.25) is 0 Å². The number of hydrogen-bond donors (Lipinski definition) is 1. The van der Waals surface area contributed by atoms with E-state index in [4.69, 9.17) is 0 Å². The molecule has 1 aliphatic heterocycles. The summed E-state index contributed by atoms with van der Waals surface area (Å²) in [6, 6.07) is 1.96. The topological polar surface area (TPSA) is 60.9 Å². The molecule has 0 spiro atoms. The minimum absolute atomic E-state index is 0.790. The summed E-state index contributed by atoms with van der Waals surface area (Å²) >= 11 is 2.14. The van der Waals surface area contributed by atoms with Crippen molar-refractivity contribution in [1.29, 1.82) is 0 Å². The first-order chi connectivity index (χ1) is 8.83. The Morgan fingerprint density at radius 2 is 1.83 bits per heavy atom. The number of rotatable bonds is 2. The van der Waals surface area contributed by atoms with Crippen molar-refractivity contribution < 1.29 is 0 Å². The van der Waals surface area contributed by atoms with Gasteiger partial charge in [-0.25, -0.2) is 15.0 Å². The van der Waals surface area contributed by atoms with Gasteiger partial charge in [0.05, 0.1) is 0 Å². The second kappa shape index (κ2) is 5.09. The third-order valence-electron chi connectivity index (χ3n) is 3.00. The maximum absolute atomic E-state index is 4.44. The van der Waals surface area contributed by atoms with Gasteiger partial charge >= 0.3 is 0 Å². The molecule has 0 aromatic carbocycles. The average Bonchev–Trinajstić information content (AvgIpc) is 2.93. The lowest BCUT2D eigenvalue weighted by Crippen LogP contribution is -2.47. The van der Waals surface area contributed by atoms with Crippen LogP contribution < -0.4 is 9.80 Å². The number of hydrogen-bond acceptors (Lipinski definition) is 5. The van der Waals surface area contributed by atoms with E-state index in [0.29, 0.717) is 0 Å². The lowest BCUT2D eigenvalue weighted by molar-refractivity contribution is 0.636. The van der Waals surface area contributed by atoms with E-state index in [1.54, 1.807) is 6.20 Å². The molecule has 1 aliphatic rings. The smallest absolute Gasteiger partial charge is 0.202 e. The maximum atomic E-state index is 4.44. The van der Waals surface area contributed by atoms with E-state index in [1.165, 1.54) is 0 Å². The Kier molecular flexibility index (Phi) is 3.31. The highest BCUT2D eigenvalue weighted by atomic mass is 127. The quantitative estimate of drug-likeness (QED) is 0.646. The summed E-state index contributed by atoms with van der Waals surface area (Å²) in [5.41, 5.74) is 0. The van der Waals surface area contributed by atoms with Crippen molar-refractivity contribution in [2.24, 2.45) is 0 Å². The lowest BCUT2D eigenvalue weighted by atomic mass is 10.3. The largest absolute Gasteiger partial charge is 0.353 e. The first kappa shape index (κ1) is 11.7. The van der Waals surface area contributed by atoms with Crippen molar-refractivity contribution >= 4 is 34.4 Å². The number of anilines is 2. The number of aromatic amines is 1. The number of nitrogens with one attached hydrogen (secondary N) is 1. The molecule has 0 radical (unpaired) electrons. The van der Waals surface area contributed by atoms with Gasteiger partial charge in [0, 0.05) is 67.4 Å². The Balaban J connectivity index is 1.67. The highest BCUT2D eigenvalue weighted by Gasteiger charge is 2.19. The van der Waals surface area contributed by atoms with Gasteiger partial charge in [-0.2, -0.15) is 0 Å². The average molecular weight is 356 g/mol. The molecule has 0 atom stereocenters. The molecule has 2 aromatic heterocycles. The molecule has 18 heavy (non-hydrogen) atoms. The van der Waals surface area contributed by atoms with E-state index in [9.17, 15) is 0 Å². The summed E-state index contributed by atoms with van der Waals surface area (Å²) in [5.74, 6) is 1.96. The van der Waals surface area contributed by atoms with Gasteiger partial charge in [-0.1, -0.05) is 0 Å². The van der Waals surface area contributed by atoms with Gasteiger partial charge in [0.2, 0.25) is 5.95 Å². The lowest BCUT2D eigenvalue weighted by Gasteiger charge is -2.35. The van der Waals surface area contributed by atoms with Gasteiger partial charge in [-0.05, 0) is 6.07 Å². The zero-order chi connectivity index (χ0) is 12.4. The summed E-state index contributed by atoms with van der Waals surface area (Å²) < 4.78 is 0.790. The maximum Gasteiger partial charge on any atom is 0.202 e. The highest BCUT2D eigenvalue weighted by molar-refractivity contribution is 14.1. The van der Waals surface area contributed by atoms with Crippen LogP contribution in [-0.2, 0) is 0 Å². The van der Waals surface area contributed by atoms with Crippen molar-refractivity contribution in [1.82, 2.24) is 19.9 Å².